The van der Waals surface area contributed by atoms with E-state index in [1.807, 2.05) is 29.8 Å². The van der Waals surface area contributed by atoms with Crippen LogP contribution in [0, 0.1) is 0 Å². The van der Waals surface area contributed by atoms with Gasteiger partial charge >= 0.3 is 0 Å². The van der Waals surface area contributed by atoms with Gasteiger partial charge in [0.2, 0.25) is 0 Å². The Labute approximate surface area is 158 Å². The number of anilines is 1. The van der Waals surface area contributed by atoms with Crippen molar-refractivity contribution >= 4 is 16.6 Å². The topological polar surface area (TPSA) is 39.1 Å². The van der Waals surface area contributed by atoms with E-state index in [9.17, 15) is 0 Å². The quantitative estimate of drug-likeness (QED) is 0.556. The third kappa shape index (κ3) is 2.65. The van der Waals surface area contributed by atoms with E-state index in [1.54, 1.807) is 0 Å². The lowest BCUT2D eigenvalue weighted by Gasteiger charge is -2.12. The molecule has 0 radical (unpaired) electrons. The molecule has 1 aromatic heterocycles. The van der Waals surface area contributed by atoms with Gasteiger partial charge in [0.25, 0.3) is 0 Å². The lowest BCUT2D eigenvalue weighted by molar-refractivity contribution is 0.338. The first-order chi connectivity index (χ1) is 13.3. The summed E-state index contributed by atoms with van der Waals surface area (Å²) in [6.07, 6.45) is 0.980. The summed E-state index contributed by atoms with van der Waals surface area (Å²) in [6, 6.07) is 23.1. The molecule has 2 heterocycles. The first-order valence-corrected chi connectivity index (χ1v) is 9.42. The molecular formula is C23H21N3O. The molecule has 3 aromatic carbocycles. The number of para-hydroxylation sites is 2. The van der Waals surface area contributed by atoms with Crippen LogP contribution in [0.4, 0.5) is 5.82 Å². The van der Waals surface area contributed by atoms with Crippen LogP contribution in [-0.4, -0.2) is 22.9 Å². The number of nitrogens with one attached hydrogen (secondary N) is 1. The zero-order chi connectivity index (χ0) is 18.2. The molecule has 27 heavy (non-hydrogen) atoms. The van der Waals surface area contributed by atoms with E-state index in [4.69, 9.17) is 9.84 Å². The van der Waals surface area contributed by atoms with Crippen LogP contribution in [0.3, 0.4) is 0 Å². The van der Waals surface area contributed by atoms with Crippen LogP contribution in [0.2, 0.25) is 0 Å². The average Bonchev–Trinajstić information content (AvgIpc) is 3.31. The molecule has 0 aliphatic carbocycles. The minimum atomic E-state index is 0.630. The summed E-state index contributed by atoms with van der Waals surface area (Å²) in [4.78, 5) is 0. The molecule has 134 valence electrons. The third-order valence-electron chi connectivity index (χ3n) is 5.07. The maximum Gasteiger partial charge on any atom is 0.145 e. The van der Waals surface area contributed by atoms with Crippen LogP contribution in [0.25, 0.3) is 27.7 Å². The molecule has 0 fully saturated rings. The van der Waals surface area contributed by atoms with Crippen molar-refractivity contribution in [3.8, 4) is 22.7 Å². The standard InChI is InChI=1S/C23H21N3O/c1-2-27-21-10-6-5-9-20(21)26-23-19(13-14-24-23)22(25-26)18-12-11-16-7-3-4-8-17(16)15-18/h3-12,15,24H,2,13-14H2,1H3. The summed E-state index contributed by atoms with van der Waals surface area (Å²) in [7, 11) is 0. The van der Waals surface area contributed by atoms with Gasteiger partial charge in [-0.3, -0.25) is 0 Å². The number of nitrogens with zero attached hydrogens (tertiary/aromatic N) is 2. The summed E-state index contributed by atoms with van der Waals surface area (Å²) >= 11 is 0. The molecule has 0 amide bonds. The van der Waals surface area contributed by atoms with Crippen molar-refractivity contribution in [3.63, 3.8) is 0 Å². The Kier molecular flexibility index (Phi) is 3.82. The molecule has 4 aromatic rings. The summed E-state index contributed by atoms with van der Waals surface area (Å²) < 4.78 is 7.83. The van der Waals surface area contributed by atoms with Crippen LogP contribution in [0.15, 0.2) is 66.7 Å². The minimum Gasteiger partial charge on any atom is -0.492 e. The Balaban J connectivity index is 1.68. The van der Waals surface area contributed by atoms with Gasteiger partial charge in [0.05, 0.1) is 12.3 Å². The fraction of sp³-hybridized carbons (Fsp3) is 0.174. The molecule has 0 unspecified atom stereocenters. The highest BCUT2D eigenvalue weighted by Gasteiger charge is 2.25. The Morgan fingerprint density at radius 3 is 2.70 bits per heavy atom. The predicted molar refractivity (Wildman–Crippen MR) is 110 cm³/mol. The number of fused-ring (bicyclic) bond motifs is 2. The summed E-state index contributed by atoms with van der Waals surface area (Å²) in [5.41, 5.74) is 4.45. The second-order valence-electron chi connectivity index (χ2n) is 6.73. The maximum absolute atomic E-state index is 5.84. The van der Waals surface area contributed by atoms with Crippen molar-refractivity contribution in [2.45, 2.75) is 13.3 Å². The van der Waals surface area contributed by atoms with Gasteiger partial charge in [0.1, 0.15) is 17.3 Å². The van der Waals surface area contributed by atoms with E-state index in [1.165, 1.54) is 16.3 Å². The normalized spacial score (nSPS) is 12.8. The molecule has 0 saturated carbocycles. The second-order valence-corrected chi connectivity index (χ2v) is 6.73. The first kappa shape index (κ1) is 15.9. The molecule has 4 nitrogen and oxygen atoms in total. The summed E-state index contributed by atoms with van der Waals surface area (Å²) in [6.45, 7) is 3.57. The van der Waals surface area contributed by atoms with Gasteiger partial charge in [0.15, 0.2) is 0 Å². The molecule has 0 atom stereocenters. The second kappa shape index (κ2) is 6.47. The van der Waals surface area contributed by atoms with Crippen molar-refractivity contribution in [3.05, 3.63) is 72.3 Å². The average molecular weight is 355 g/mol. The summed E-state index contributed by atoms with van der Waals surface area (Å²) in [5.74, 6) is 1.93. The minimum absolute atomic E-state index is 0.630. The molecule has 5 rings (SSSR count). The van der Waals surface area contributed by atoms with Crippen molar-refractivity contribution in [1.29, 1.82) is 0 Å². The Morgan fingerprint density at radius 2 is 1.81 bits per heavy atom. The molecule has 1 N–H and O–H groups in total. The fourth-order valence-corrected chi connectivity index (χ4v) is 3.83. The highest BCUT2D eigenvalue weighted by Crippen LogP contribution is 2.37. The highest BCUT2D eigenvalue weighted by molar-refractivity contribution is 5.88. The van der Waals surface area contributed by atoms with Crippen molar-refractivity contribution in [1.82, 2.24) is 9.78 Å². The van der Waals surface area contributed by atoms with E-state index < -0.39 is 0 Å². The molecular weight excluding hydrogens is 334 g/mol. The number of rotatable bonds is 4. The highest BCUT2D eigenvalue weighted by atomic mass is 16.5. The van der Waals surface area contributed by atoms with E-state index in [0.717, 1.165) is 41.5 Å². The van der Waals surface area contributed by atoms with E-state index >= 15 is 0 Å². The fourth-order valence-electron chi connectivity index (χ4n) is 3.83. The van der Waals surface area contributed by atoms with Crippen LogP contribution < -0.4 is 10.1 Å². The number of ether oxygens (including phenoxy) is 1. The van der Waals surface area contributed by atoms with Gasteiger partial charge in [-0.15, -0.1) is 0 Å². The Morgan fingerprint density at radius 1 is 1.00 bits per heavy atom. The molecule has 1 aliphatic rings. The van der Waals surface area contributed by atoms with E-state index in [-0.39, 0.29) is 0 Å². The number of aromatic nitrogens is 2. The van der Waals surface area contributed by atoms with E-state index in [0.29, 0.717) is 6.61 Å². The van der Waals surface area contributed by atoms with Gasteiger partial charge in [-0.2, -0.15) is 5.10 Å². The molecule has 0 bridgehead atoms. The van der Waals surface area contributed by atoms with Gasteiger partial charge < -0.3 is 10.1 Å². The van der Waals surface area contributed by atoms with Crippen LogP contribution in [0.1, 0.15) is 12.5 Å². The van der Waals surface area contributed by atoms with Crippen molar-refractivity contribution < 1.29 is 4.74 Å². The predicted octanol–water partition coefficient (Wildman–Crippen LogP) is 5.06. The van der Waals surface area contributed by atoms with Crippen molar-refractivity contribution in [2.24, 2.45) is 0 Å². The monoisotopic (exact) mass is 355 g/mol. The molecule has 4 heteroatoms. The van der Waals surface area contributed by atoms with Gasteiger partial charge in [0, 0.05) is 17.7 Å². The summed E-state index contributed by atoms with van der Waals surface area (Å²) in [5, 5.41) is 11.0. The van der Waals surface area contributed by atoms with Crippen LogP contribution in [0.5, 0.6) is 5.75 Å². The third-order valence-corrected chi connectivity index (χ3v) is 5.07. The lowest BCUT2D eigenvalue weighted by Crippen LogP contribution is -2.06. The zero-order valence-electron chi connectivity index (χ0n) is 15.3. The Bertz CT molecular complexity index is 1130. The van der Waals surface area contributed by atoms with Gasteiger partial charge in [-0.1, -0.05) is 48.5 Å². The lowest BCUT2D eigenvalue weighted by atomic mass is 10.0. The largest absolute Gasteiger partial charge is 0.492 e. The van der Waals surface area contributed by atoms with Crippen LogP contribution in [-0.2, 0) is 6.42 Å². The van der Waals surface area contributed by atoms with Gasteiger partial charge in [-0.25, -0.2) is 4.68 Å². The molecule has 0 spiro atoms. The van der Waals surface area contributed by atoms with Crippen molar-refractivity contribution in [2.75, 3.05) is 18.5 Å². The zero-order valence-corrected chi connectivity index (χ0v) is 15.3. The number of benzene rings is 3. The maximum atomic E-state index is 5.84. The molecule has 1 aliphatic heterocycles. The molecule has 0 saturated heterocycles. The SMILES string of the molecule is CCOc1ccccc1-n1nc(-c2ccc3ccccc3c2)c2c1NCC2. The first-order valence-electron chi connectivity index (χ1n) is 9.42. The van der Waals surface area contributed by atoms with Crippen LogP contribution >= 0.6 is 0 Å². The number of hydrogen-bond donors (Lipinski definition) is 1. The Hall–Kier alpha value is -3.27. The smallest absolute Gasteiger partial charge is 0.145 e. The van der Waals surface area contributed by atoms with Gasteiger partial charge in [-0.05, 0) is 42.3 Å². The number of hydrogen-bond acceptors (Lipinski definition) is 3. The van der Waals surface area contributed by atoms with E-state index in [2.05, 4.69) is 53.8 Å².